The highest BCUT2D eigenvalue weighted by Crippen LogP contribution is 2.27. The van der Waals surface area contributed by atoms with Crippen LogP contribution in [0, 0.1) is 0 Å². The van der Waals surface area contributed by atoms with E-state index in [1.807, 2.05) is 30.3 Å². The number of hydrogen-bond acceptors (Lipinski definition) is 1. The van der Waals surface area contributed by atoms with Crippen LogP contribution in [-0.2, 0) is 4.79 Å². The van der Waals surface area contributed by atoms with Gasteiger partial charge in [0.15, 0.2) is 5.78 Å². The zero-order valence-electron chi connectivity index (χ0n) is 8.75. The van der Waals surface area contributed by atoms with Crippen molar-refractivity contribution in [2.45, 2.75) is 24.6 Å². The molecule has 1 aromatic carbocycles. The zero-order chi connectivity index (χ0) is 11.5. The summed E-state index contributed by atoms with van der Waals surface area (Å²) in [5, 5.41) is -0.331. The molecule has 0 N–H and O–H groups in total. The van der Waals surface area contributed by atoms with Crippen molar-refractivity contribution in [3.63, 3.8) is 0 Å². The van der Waals surface area contributed by atoms with E-state index >= 15 is 0 Å². The molecule has 0 amide bonds. The largest absolute Gasteiger partial charge is 0.293 e. The SMILES string of the molecule is O=C1C(=Cc2ccccc2Br)CCCC1Cl. The van der Waals surface area contributed by atoms with Crippen LogP contribution in [0.15, 0.2) is 34.3 Å². The highest BCUT2D eigenvalue weighted by molar-refractivity contribution is 9.10. The van der Waals surface area contributed by atoms with Crippen LogP contribution in [0.2, 0.25) is 0 Å². The number of halogens is 2. The molecule has 1 fully saturated rings. The molecule has 16 heavy (non-hydrogen) atoms. The summed E-state index contributed by atoms with van der Waals surface area (Å²) in [4.78, 5) is 11.8. The Kier molecular flexibility index (Phi) is 3.82. The molecule has 1 aliphatic carbocycles. The normalized spacial score (nSPS) is 23.8. The summed E-state index contributed by atoms with van der Waals surface area (Å²) < 4.78 is 1.01. The highest BCUT2D eigenvalue weighted by atomic mass is 79.9. The highest BCUT2D eigenvalue weighted by Gasteiger charge is 2.24. The van der Waals surface area contributed by atoms with Crippen LogP contribution >= 0.6 is 27.5 Å². The summed E-state index contributed by atoms with van der Waals surface area (Å²) in [7, 11) is 0. The van der Waals surface area contributed by atoms with Gasteiger partial charge in [-0.1, -0.05) is 34.1 Å². The first-order valence-electron chi connectivity index (χ1n) is 5.32. The molecule has 0 spiro atoms. The Balaban J connectivity index is 2.30. The van der Waals surface area contributed by atoms with Gasteiger partial charge in [0.05, 0.1) is 5.38 Å². The molecule has 0 aromatic heterocycles. The minimum atomic E-state index is -0.331. The molecular formula is C13H12BrClO. The van der Waals surface area contributed by atoms with Crippen LogP contribution < -0.4 is 0 Å². The number of rotatable bonds is 1. The van der Waals surface area contributed by atoms with Crippen LogP contribution in [0.25, 0.3) is 6.08 Å². The van der Waals surface area contributed by atoms with Crippen LogP contribution in [0.3, 0.4) is 0 Å². The predicted octanol–water partition coefficient (Wildman–Crippen LogP) is 4.19. The summed E-state index contributed by atoms with van der Waals surface area (Å²) in [5.41, 5.74) is 1.88. The van der Waals surface area contributed by atoms with Crippen molar-refractivity contribution in [3.8, 4) is 0 Å². The lowest BCUT2D eigenvalue weighted by Gasteiger charge is -2.17. The van der Waals surface area contributed by atoms with Crippen molar-refractivity contribution in [2.75, 3.05) is 0 Å². The van der Waals surface area contributed by atoms with Gasteiger partial charge in [0.25, 0.3) is 0 Å². The fourth-order valence-electron chi connectivity index (χ4n) is 1.85. The van der Waals surface area contributed by atoms with Gasteiger partial charge >= 0.3 is 0 Å². The third-order valence-electron chi connectivity index (χ3n) is 2.74. The number of carbonyl (C=O) groups is 1. The van der Waals surface area contributed by atoms with Gasteiger partial charge in [0.1, 0.15) is 0 Å². The summed E-state index contributed by atoms with van der Waals surface area (Å²) in [5.74, 6) is 0.0867. The maximum Gasteiger partial charge on any atom is 0.176 e. The second-order valence-electron chi connectivity index (χ2n) is 3.92. The maximum absolute atomic E-state index is 11.8. The quantitative estimate of drug-likeness (QED) is 0.561. The first-order valence-corrected chi connectivity index (χ1v) is 6.55. The molecule has 2 rings (SSSR count). The first kappa shape index (κ1) is 11.9. The predicted molar refractivity (Wildman–Crippen MR) is 70.6 cm³/mol. The monoisotopic (exact) mass is 298 g/mol. The molecule has 0 bridgehead atoms. The standard InChI is InChI=1S/C13H12BrClO/c14-11-6-2-1-4-9(11)8-10-5-3-7-12(15)13(10)16/h1-2,4,6,8,12H,3,5,7H2. The minimum Gasteiger partial charge on any atom is -0.293 e. The van der Waals surface area contributed by atoms with Crippen LogP contribution in [-0.4, -0.2) is 11.2 Å². The van der Waals surface area contributed by atoms with Crippen molar-refractivity contribution in [1.82, 2.24) is 0 Å². The van der Waals surface area contributed by atoms with Crippen LogP contribution in [0.4, 0.5) is 0 Å². The Morgan fingerprint density at radius 1 is 1.38 bits per heavy atom. The number of Topliss-reactive ketones (excluding diaryl/α,β-unsaturated/α-hetero) is 1. The third kappa shape index (κ3) is 2.55. The van der Waals surface area contributed by atoms with Crippen molar-refractivity contribution >= 4 is 39.4 Å². The molecule has 3 heteroatoms. The Morgan fingerprint density at radius 3 is 2.88 bits per heavy atom. The van der Waals surface area contributed by atoms with Gasteiger partial charge in [-0.15, -0.1) is 11.6 Å². The number of ketones is 1. The molecular weight excluding hydrogens is 287 g/mol. The fraction of sp³-hybridized carbons (Fsp3) is 0.308. The second-order valence-corrected chi connectivity index (χ2v) is 5.30. The van der Waals surface area contributed by atoms with E-state index in [1.54, 1.807) is 0 Å². The molecule has 1 saturated carbocycles. The maximum atomic E-state index is 11.8. The minimum absolute atomic E-state index is 0.0867. The van der Waals surface area contributed by atoms with Crippen LogP contribution in [0.1, 0.15) is 24.8 Å². The van der Waals surface area contributed by atoms with Gasteiger partial charge in [-0.2, -0.15) is 0 Å². The number of alkyl halides is 1. The number of benzene rings is 1. The number of carbonyl (C=O) groups excluding carboxylic acids is 1. The van der Waals surface area contributed by atoms with E-state index in [0.29, 0.717) is 0 Å². The summed E-state index contributed by atoms with van der Waals surface area (Å²) in [6.45, 7) is 0. The van der Waals surface area contributed by atoms with Gasteiger partial charge in [-0.3, -0.25) is 4.79 Å². The first-order chi connectivity index (χ1) is 7.68. The molecule has 1 atom stereocenters. The Labute approximate surface area is 109 Å². The molecule has 84 valence electrons. The smallest absolute Gasteiger partial charge is 0.176 e. The topological polar surface area (TPSA) is 17.1 Å². The van der Waals surface area contributed by atoms with E-state index in [2.05, 4.69) is 15.9 Å². The fourth-order valence-corrected chi connectivity index (χ4v) is 2.54. The van der Waals surface area contributed by atoms with E-state index in [9.17, 15) is 4.79 Å². The molecule has 1 aliphatic rings. The summed E-state index contributed by atoms with van der Waals surface area (Å²) in [6.07, 6.45) is 4.58. The van der Waals surface area contributed by atoms with Crippen molar-refractivity contribution in [2.24, 2.45) is 0 Å². The number of hydrogen-bond donors (Lipinski definition) is 0. The van der Waals surface area contributed by atoms with E-state index < -0.39 is 0 Å². The third-order valence-corrected chi connectivity index (χ3v) is 3.88. The van der Waals surface area contributed by atoms with E-state index in [-0.39, 0.29) is 11.2 Å². The zero-order valence-corrected chi connectivity index (χ0v) is 11.1. The van der Waals surface area contributed by atoms with Crippen molar-refractivity contribution in [1.29, 1.82) is 0 Å². The van der Waals surface area contributed by atoms with Gasteiger partial charge in [0.2, 0.25) is 0 Å². The van der Waals surface area contributed by atoms with Gasteiger partial charge < -0.3 is 0 Å². The average molecular weight is 300 g/mol. The number of allylic oxidation sites excluding steroid dienone is 1. The van der Waals surface area contributed by atoms with E-state index in [1.165, 1.54) is 0 Å². The van der Waals surface area contributed by atoms with E-state index in [4.69, 9.17) is 11.6 Å². The lowest BCUT2D eigenvalue weighted by Crippen LogP contribution is -2.21. The molecule has 0 heterocycles. The summed E-state index contributed by atoms with van der Waals surface area (Å²) >= 11 is 9.44. The Morgan fingerprint density at radius 2 is 2.12 bits per heavy atom. The van der Waals surface area contributed by atoms with Crippen LogP contribution in [0.5, 0.6) is 0 Å². The average Bonchev–Trinajstić information content (AvgIpc) is 2.28. The Bertz CT molecular complexity index is 439. The van der Waals surface area contributed by atoms with Gasteiger partial charge in [0, 0.05) is 4.47 Å². The molecule has 0 saturated heterocycles. The lowest BCUT2D eigenvalue weighted by molar-refractivity contribution is -0.116. The molecule has 1 unspecified atom stereocenters. The molecule has 1 nitrogen and oxygen atoms in total. The second kappa shape index (κ2) is 5.15. The molecule has 1 aromatic rings. The van der Waals surface area contributed by atoms with Gasteiger partial charge in [-0.05, 0) is 42.5 Å². The molecule has 0 aliphatic heterocycles. The lowest BCUT2D eigenvalue weighted by atomic mass is 9.92. The Hall–Kier alpha value is -0.600. The van der Waals surface area contributed by atoms with Gasteiger partial charge in [-0.25, -0.2) is 0 Å². The molecule has 0 radical (unpaired) electrons. The van der Waals surface area contributed by atoms with E-state index in [0.717, 1.165) is 34.9 Å². The summed E-state index contributed by atoms with van der Waals surface area (Å²) in [6, 6.07) is 7.88. The van der Waals surface area contributed by atoms with Crippen molar-refractivity contribution in [3.05, 3.63) is 39.9 Å². The van der Waals surface area contributed by atoms with Crippen molar-refractivity contribution < 1.29 is 4.79 Å².